The second kappa shape index (κ2) is 6.45. The summed E-state index contributed by atoms with van der Waals surface area (Å²) in [6, 6.07) is 7.98. The number of carbonyl (C=O) groups is 1. The minimum Gasteiger partial charge on any atom is -0.482 e. The Morgan fingerprint density at radius 1 is 1.43 bits per heavy atom. The van der Waals surface area contributed by atoms with Crippen LogP contribution in [-0.2, 0) is 9.53 Å². The van der Waals surface area contributed by atoms with E-state index in [-0.39, 0.29) is 18.6 Å². The molecule has 1 N–H and O–H groups in total. The van der Waals surface area contributed by atoms with Gasteiger partial charge in [-0.05, 0) is 25.1 Å². The molecule has 0 aliphatic carbocycles. The largest absolute Gasteiger partial charge is 0.482 e. The first-order valence-electron chi connectivity index (χ1n) is 7.63. The highest BCUT2D eigenvalue weighted by Crippen LogP contribution is 2.32. The van der Waals surface area contributed by atoms with Crippen LogP contribution < -0.4 is 15.0 Å². The fourth-order valence-corrected chi connectivity index (χ4v) is 3.06. The van der Waals surface area contributed by atoms with E-state index < -0.39 is 0 Å². The Bertz CT molecular complexity index is 500. The number of nitrogens with one attached hydrogen (secondary N) is 1. The molecule has 2 aliphatic rings. The quantitative estimate of drug-likeness (QED) is 0.891. The number of hydrogen-bond donors (Lipinski definition) is 1. The SMILES string of the molecule is CCNC(CN1C(=O)COc2ccccc21)C1CCOC1. The van der Waals surface area contributed by atoms with Crippen LogP contribution in [0.25, 0.3) is 0 Å². The maximum absolute atomic E-state index is 12.3. The first kappa shape index (κ1) is 14.4. The van der Waals surface area contributed by atoms with E-state index in [9.17, 15) is 4.79 Å². The van der Waals surface area contributed by atoms with E-state index in [0.717, 1.165) is 37.6 Å². The fraction of sp³-hybridized carbons (Fsp3) is 0.562. The van der Waals surface area contributed by atoms with E-state index in [0.29, 0.717) is 12.5 Å². The summed E-state index contributed by atoms with van der Waals surface area (Å²) in [6.07, 6.45) is 1.05. The van der Waals surface area contributed by atoms with Gasteiger partial charge in [0.2, 0.25) is 0 Å². The summed E-state index contributed by atoms with van der Waals surface area (Å²) in [5.41, 5.74) is 0.871. The summed E-state index contributed by atoms with van der Waals surface area (Å²) in [6.45, 7) is 5.37. The van der Waals surface area contributed by atoms with Gasteiger partial charge in [0, 0.05) is 25.1 Å². The summed E-state index contributed by atoms with van der Waals surface area (Å²) in [5.74, 6) is 1.28. The van der Waals surface area contributed by atoms with E-state index in [4.69, 9.17) is 9.47 Å². The third kappa shape index (κ3) is 3.04. The van der Waals surface area contributed by atoms with E-state index in [1.54, 1.807) is 0 Å². The number of para-hydroxylation sites is 2. The average molecular weight is 290 g/mol. The van der Waals surface area contributed by atoms with Crippen molar-refractivity contribution in [2.75, 3.05) is 37.8 Å². The van der Waals surface area contributed by atoms with Crippen LogP contribution in [0.3, 0.4) is 0 Å². The fourth-order valence-electron chi connectivity index (χ4n) is 3.06. The predicted molar refractivity (Wildman–Crippen MR) is 80.7 cm³/mol. The van der Waals surface area contributed by atoms with E-state index in [1.807, 2.05) is 29.2 Å². The van der Waals surface area contributed by atoms with Crippen LogP contribution in [0.4, 0.5) is 5.69 Å². The molecular weight excluding hydrogens is 268 g/mol. The number of nitrogens with zero attached hydrogens (tertiary/aromatic N) is 1. The van der Waals surface area contributed by atoms with Crippen LogP contribution in [0.2, 0.25) is 0 Å². The molecule has 1 aromatic carbocycles. The van der Waals surface area contributed by atoms with Crippen LogP contribution in [0, 0.1) is 5.92 Å². The van der Waals surface area contributed by atoms with Gasteiger partial charge in [0.25, 0.3) is 5.91 Å². The van der Waals surface area contributed by atoms with Gasteiger partial charge in [-0.25, -0.2) is 0 Å². The van der Waals surface area contributed by atoms with Gasteiger partial charge in [-0.2, -0.15) is 0 Å². The van der Waals surface area contributed by atoms with Gasteiger partial charge in [-0.1, -0.05) is 19.1 Å². The van der Waals surface area contributed by atoms with E-state index >= 15 is 0 Å². The second-order valence-electron chi connectivity index (χ2n) is 5.55. The van der Waals surface area contributed by atoms with Gasteiger partial charge in [0.15, 0.2) is 6.61 Å². The summed E-state index contributed by atoms with van der Waals surface area (Å²) in [5, 5.41) is 3.51. The predicted octanol–water partition coefficient (Wildman–Crippen LogP) is 1.43. The zero-order valence-electron chi connectivity index (χ0n) is 12.4. The number of ether oxygens (including phenoxy) is 2. The summed E-state index contributed by atoms with van der Waals surface area (Å²) in [4.78, 5) is 14.1. The van der Waals surface area contributed by atoms with Gasteiger partial charge in [0.1, 0.15) is 5.75 Å². The number of rotatable bonds is 5. The molecule has 2 unspecified atom stereocenters. The summed E-state index contributed by atoms with van der Waals surface area (Å²) >= 11 is 0. The lowest BCUT2D eigenvalue weighted by Gasteiger charge is -2.34. The highest BCUT2D eigenvalue weighted by molar-refractivity contribution is 5.97. The van der Waals surface area contributed by atoms with Crippen molar-refractivity contribution in [2.24, 2.45) is 5.92 Å². The monoisotopic (exact) mass is 290 g/mol. The molecule has 1 saturated heterocycles. The Morgan fingerprint density at radius 2 is 2.29 bits per heavy atom. The highest BCUT2D eigenvalue weighted by Gasteiger charge is 2.32. The minimum atomic E-state index is 0.0236. The third-order valence-electron chi connectivity index (χ3n) is 4.19. The van der Waals surface area contributed by atoms with Crippen molar-refractivity contribution < 1.29 is 14.3 Å². The molecule has 21 heavy (non-hydrogen) atoms. The molecule has 5 heteroatoms. The molecule has 0 bridgehead atoms. The van der Waals surface area contributed by atoms with Gasteiger partial charge < -0.3 is 19.7 Å². The van der Waals surface area contributed by atoms with Crippen LogP contribution >= 0.6 is 0 Å². The molecule has 2 heterocycles. The molecule has 0 saturated carbocycles. The van der Waals surface area contributed by atoms with Crippen molar-refractivity contribution in [2.45, 2.75) is 19.4 Å². The minimum absolute atomic E-state index is 0.0236. The molecule has 2 atom stereocenters. The highest BCUT2D eigenvalue weighted by atomic mass is 16.5. The molecule has 0 radical (unpaired) electrons. The molecule has 3 rings (SSSR count). The number of fused-ring (bicyclic) bond motifs is 1. The first-order chi connectivity index (χ1) is 10.3. The number of benzene rings is 1. The van der Waals surface area contributed by atoms with Crippen LogP contribution in [-0.4, -0.2) is 44.9 Å². The van der Waals surface area contributed by atoms with Crippen molar-refractivity contribution >= 4 is 11.6 Å². The lowest BCUT2D eigenvalue weighted by Crippen LogP contribution is -2.50. The standard InChI is InChI=1S/C16H22N2O3/c1-2-17-13(12-7-8-20-10-12)9-18-14-5-3-4-6-15(14)21-11-16(18)19/h3-6,12-13,17H,2,7-11H2,1H3. The molecule has 5 nitrogen and oxygen atoms in total. The molecule has 114 valence electrons. The normalized spacial score (nSPS) is 22.8. The summed E-state index contributed by atoms with van der Waals surface area (Å²) in [7, 11) is 0. The molecule has 1 aromatic rings. The number of anilines is 1. The van der Waals surface area contributed by atoms with Crippen molar-refractivity contribution in [1.82, 2.24) is 5.32 Å². The van der Waals surface area contributed by atoms with Gasteiger partial charge >= 0.3 is 0 Å². The number of carbonyl (C=O) groups excluding carboxylic acids is 1. The van der Waals surface area contributed by atoms with Gasteiger partial charge in [0.05, 0.1) is 12.3 Å². The maximum Gasteiger partial charge on any atom is 0.265 e. The number of likely N-dealkylation sites (N-methyl/N-ethyl adjacent to an activating group) is 1. The molecule has 1 amide bonds. The Balaban J connectivity index is 1.79. The van der Waals surface area contributed by atoms with Crippen molar-refractivity contribution in [3.8, 4) is 5.75 Å². The van der Waals surface area contributed by atoms with E-state index in [1.165, 1.54) is 0 Å². The Labute approximate surface area is 125 Å². The topological polar surface area (TPSA) is 50.8 Å². The molecule has 0 spiro atoms. The third-order valence-corrected chi connectivity index (χ3v) is 4.19. The van der Waals surface area contributed by atoms with Crippen molar-refractivity contribution in [3.63, 3.8) is 0 Å². The maximum atomic E-state index is 12.3. The zero-order valence-corrected chi connectivity index (χ0v) is 12.4. The van der Waals surface area contributed by atoms with Gasteiger partial charge in [-0.15, -0.1) is 0 Å². The lowest BCUT2D eigenvalue weighted by atomic mass is 9.98. The Kier molecular flexibility index (Phi) is 4.41. The number of amides is 1. The molecular formula is C16H22N2O3. The van der Waals surface area contributed by atoms with Crippen molar-refractivity contribution in [1.29, 1.82) is 0 Å². The van der Waals surface area contributed by atoms with Crippen LogP contribution in [0.5, 0.6) is 5.75 Å². The first-order valence-corrected chi connectivity index (χ1v) is 7.63. The summed E-state index contributed by atoms with van der Waals surface area (Å²) < 4.78 is 11.0. The number of hydrogen-bond acceptors (Lipinski definition) is 4. The molecule has 1 fully saturated rings. The van der Waals surface area contributed by atoms with E-state index in [2.05, 4.69) is 12.2 Å². The van der Waals surface area contributed by atoms with Crippen LogP contribution in [0.1, 0.15) is 13.3 Å². The zero-order chi connectivity index (χ0) is 14.7. The molecule has 0 aromatic heterocycles. The average Bonchev–Trinajstić information content (AvgIpc) is 3.03. The van der Waals surface area contributed by atoms with Gasteiger partial charge in [-0.3, -0.25) is 4.79 Å². The second-order valence-corrected chi connectivity index (χ2v) is 5.55. The van der Waals surface area contributed by atoms with Crippen LogP contribution in [0.15, 0.2) is 24.3 Å². The molecule has 2 aliphatic heterocycles. The Morgan fingerprint density at radius 3 is 3.05 bits per heavy atom. The lowest BCUT2D eigenvalue weighted by molar-refractivity contribution is -0.121. The smallest absolute Gasteiger partial charge is 0.265 e. The van der Waals surface area contributed by atoms with Crippen molar-refractivity contribution in [3.05, 3.63) is 24.3 Å². The Hall–Kier alpha value is -1.59.